The molecule has 0 spiro atoms. The monoisotopic (exact) mass is 726 g/mol. The van der Waals surface area contributed by atoms with Crippen LogP contribution in [0.3, 0.4) is 0 Å². The number of unbranched alkanes of at least 4 members (excludes halogenated alkanes) is 3. The standard InChI is InChI=1S/C40H39IO3S/c1-4-7-28-42-34-19-10-31(11-20-34)16-25-37-38(26-17-32-12-21-35(22-13-32)43-29-8-5-2)45-39(40(37)41)27-18-33-14-23-36(24-15-33)44-30-9-6-3/h10-15,19-24H,4-9,28-30H2,1-3H3. The van der Waals surface area contributed by atoms with Crippen molar-refractivity contribution in [2.45, 2.75) is 59.3 Å². The molecule has 0 saturated carbocycles. The highest BCUT2D eigenvalue weighted by molar-refractivity contribution is 14.1. The van der Waals surface area contributed by atoms with Crippen molar-refractivity contribution in [3.8, 4) is 52.8 Å². The molecular weight excluding hydrogens is 687 g/mol. The van der Waals surface area contributed by atoms with Crippen LogP contribution in [0.5, 0.6) is 17.2 Å². The molecule has 230 valence electrons. The van der Waals surface area contributed by atoms with Gasteiger partial charge in [0.05, 0.1) is 38.7 Å². The summed E-state index contributed by atoms with van der Waals surface area (Å²) in [5.74, 6) is 22.7. The first kappa shape index (κ1) is 34.1. The molecular formula is C40H39IO3S. The zero-order valence-corrected chi connectivity index (χ0v) is 29.3. The highest BCUT2D eigenvalue weighted by Gasteiger charge is 2.13. The molecule has 0 aliphatic carbocycles. The Morgan fingerprint density at radius 3 is 1.22 bits per heavy atom. The van der Waals surface area contributed by atoms with Crippen molar-refractivity contribution in [3.05, 3.63) is 108 Å². The highest BCUT2D eigenvalue weighted by atomic mass is 127. The van der Waals surface area contributed by atoms with Crippen LogP contribution in [0.2, 0.25) is 0 Å². The van der Waals surface area contributed by atoms with Crippen LogP contribution in [0.25, 0.3) is 0 Å². The summed E-state index contributed by atoms with van der Waals surface area (Å²) in [5, 5.41) is 0. The van der Waals surface area contributed by atoms with E-state index in [2.05, 4.69) is 78.9 Å². The Balaban J connectivity index is 1.59. The number of halogens is 1. The molecule has 0 bridgehead atoms. The summed E-state index contributed by atoms with van der Waals surface area (Å²) in [7, 11) is 0. The normalized spacial score (nSPS) is 10.0. The zero-order valence-electron chi connectivity index (χ0n) is 26.3. The first-order valence-electron chi connectivity index (χ1n) is 15.7. The van der Waals surface area contributed by atoms with E-state index in [4.69, 9.17) is 14.2 Å². The minimum absolute atomic E-state index is 0.728. The predicted octanol–water partition coefficient (Wildman–Crippen LogP) is 10.1. The smallest absolute Gasteiger partial charge is 0.119 e. The summed E-state index contributed by atoms with van der Waals surface area (Å²) in [5.41, 5.74) is 3.68. The number of hydrogen-bond donors (Lipinski definition) is 0. The summed E-state index contributed by atoms with van der Waals surface area (Å²) in [6, 6.07) is 23.9. The van der Waals surface area contributed by atoms with Gasteiger partial charge >= 0.3 is 0 Å². The van der Waals surface area contributed by atoms with Crippen molar-refractivity contribution in [1.29, 1.82) is 0 Å². The Morgan fingerprint density at radius 2 is 0.844 bits per heavy atom. The number of hydrogen-bond acceptors (Lipinski definition) is 4. The van der Waals surface area contributed by atoms with Crippen molar-refractivity contribution in [2.24, 2.45) is 0 Å². The molecule has 5 heteroatoms. The van der Waals surface area contributed by atoms with Crippen LogP contribution >= 0.6 is 33.9 Å². The minimum Gasteiger partial charge on any atom is -0.494 e. The molecule has 4 rings (SSSR count). The van der Waals surface area contributed by atoms with Crippen LogP contribution in [-0.2, 0) is 0 Å². The van der Waals surface area contributed by atoms with E-state index >= 15 is 0 Å². The topological polar surface area (TPSA) is 27.7 Å². The molecule has 1 heterocycles. The molecule has 1 aromatic heterocycles. The average Bonchev–Trinajstić information content (AvgIpc) is 3.37. The number of thiophene rings is 1. The van der Waals surface area contributed by atoms with Gasteiger partial charge in [0.2, 0.25) is 0 Å². The summed E-state index contributed by atoms with van der Waals surface area (Å²) in [4.78, 5) is 1.85. The third kappa shape index (κ3) is 11.2. The quantitative estimate of drug-likeness (QED) is 0.0827. The van der Waals surface area contributed by atoms with E-state index in [0.717, 1.165) is 111 Å². The van der Waals surface area contributed by atoms with Crippen molar-refractivity contribution >= 4 is 33.9 Å². The largest absolute Gasteiger partial charge is 0.494 e. The second kappa shape index (κ2) is 18.9. The molecule has 0 radical (unpaired) electrons. The molecule has 4 aromatic rings. The molecule has 0 aliphatic heterocycles. The fourth-order valence-electron chi connectivity index (χ4n) is 3.99. The minimum atomic E-state index is 0.728. The van der Waals surface area contributed by atoms with Crippen LogP contribution in [0.4, 0.5) is 0 Å². The van der Waals surface area contributed by atoms with Gasteiger partial charge in [-0.1, -0.05) is 63.7 Å². The zero-order chi connectivity index (χ0) is 31.7. The molecule has 0 atom stereocenters. The van der Waals surface area contributed by atoms with Crippen LogP contribution in [-0.4, -0.2) is 19.8 Å². The molecule has 0 fully saturated rings. The van der Waals surface area contributed by atoms with Gasteiger partial charge < -0.3 is 14.2 Å². The lowest BCUT2D eigenvalue weighted by Gasteiger charge is -2.04. The average molecular weight is 727 g/mol. The number of ether oxygens (including phenoxy) is 3. The Bertz CT molecular complexity index is 1680. The van der Waals surface area contributed by atoms with Gasteiger partial charge in [-0.05, 0) is 126 Å². The van der Waals surface area contributed by atoms with E-state index in [0.29, 0.717) is 0 Å². The lowest BCUT2D eigenvalue weighted by molar-refractivity contribution is 0.309. The van der Waals surface area contributed by atoms with E-state index in [1.807, 2.05) is 72.8 Å². The maximum absolute atomic E-state index is 5.81. The van der Waals surface area contributed by atoms with Gasteiger partial charge in [0.15, 0.2) is 0 Å². The van der Waals surface area contributed by atoms with Crippen molar-refractivity contribution in [1.82, 2.24) is 0 Å². The van der Waals surface area contributed by atoms with E-state index in [1.165, 1.54) is 0 Å². The van der Waals surface area contributed by atoms with E-state index in [1.54, 1.807) is 11.3 Å². The van der Waals surface area contributed by atoms with Gasteiger partial charge in [0.25, 0.3) is 0 Å². The summed E-state index contributed by atoms with van der Waals surface area (Å²) < 4.78 is 18.4. The van der Waals surface area contributed by atoms with Crippen LogP contribution in [0, 0.1) is 39.1 Å². The third-order valence-corrected chi connectivity index (χ3v) is 9.15. The van der Waals surface area contributed by atoms with E-state index in [-0.39, 0.29) is 0 Å². The van der Waals surface area contributed by atoms with Gasteiger partial charge in [-0.2, -0.15) is 0 Å². The van der Waals surface area contributed by atoms with Crippen molar-refractivity contribution in [3.63, 3.8) is 0 Å². The molecule has 0 amide bonds. The molecule has 0 N–H and O–H groups in total. The maximum atomic E-state index is 5.81. The maximum Gasteiger partial charge on any atom is 0.119 e. The van der Waals surface area contributed by atoms with Crippen LogP contribution in [0.15, 0.2) is 72.8 Å². The Morgan fingerprint density at radius 1 is 0.489 bits per heavy atom. The Kier molecular flexibility index (Phi) is 14.3. The second-order valence-electron chi connectivity index (χ2n) is 10.4. The number of benzene rings is 3. The SMILES string of the molecule is CCCCOc1ccc(C#Cc2sc(C#Cc3ccc(OCCCC)cc3)c(C#Cc3ccc(OCCCC)cc3)c2I)cc1. The fourth-order valence-corrected chi connectivity index (χ4v) is 5.90. The summed E-state index contributed by atoms with van der Waals surface area (Å²) in [6.07, 6.45) is 6.47. The predicted molar refractivity (Wildman–Crippen MR) is 196 cm³/mol. The van der Waals surface area contributed by atoms with Gasteiger partial charge in [-0.25, -0.2) is 0 Å². The van der Waals surface area contributed by atoms with Gasteiger partial charge in [-0.15, -0.1) is 11.3 Å². The first-order chi connectivity index (χ1) is 22.1. The van der Waals surface area contributed by atoms with E-state index in [9.17, 15) is 0 Å². The fraction of sp³-hybridized carbons (Fsp3) is 0.300. The van der Waals surface area contributed by atoms with Crippen LogP contribution < -0.4 is 14.2 Å². The first-order valence-corrected chi connectivity index (χ1v) is 17.6. The third-order valence-electron chi connectivity index (χ3n) is 6.69. The van der Waals surface area contributed by atoms with Gasteiger partial charge in [0, 0.05) is 16.7 Å². The van der Waals surface area contributed by atoms with Gasteiger partial charge in [-0.3, -0.25) is 0 Å². The number of rotatable bonds is 12. The molecule has 45 heavy (non-hydrogen) atoms. The Hall–Kier alpha value is -3.83. The molecule has 3 aromatic carbocycles. The lowest BCUT2D eigenvalue weighted by Crippen LogP contribution is -1.95. The van der Waals surface area contributed by atoms with Gasteiger partial charge in [0.1, 0.15) is 17.2 Å². The lowest BCUT2D eigenvalue weighted by atomic mass is 10.1. The second-order valence-corrected chi connectivity index (χ2v) is 12.5. The molecule has 0 aliphatic rings. The van der Waals surface area contributed by atoms with Crippen molar-refractivity contribution < 1.29 is 14.2 Å². The molecule has 3 nitrogen and oxygen atoms in total. The Labute approximate surface area is 286 Å². The van der Waals surface area contributed by atoms with Crippen LogP contribution in [0.1, 0.15) is 91.3 Å². The van der Waals surface area contributed by atoms with E-state index < -0.39 is 0 Å². The highest BCUT2D eigenvalue weighted by Crippen LogP contribution is 2.29. The molecule has 0 saturated heterocycles. The summed E-state index contributed by atoms with van der Waals surface area (Å²) in [6.45, 7) is 8.66. The summed E-state index contributed by atoms with van der Waals surface area (Å²) >= 11 is 3.93. The van der Waals surface area contributed by atoms with Crippen molar-refractivity contribution in [2.75, 3.05) is 19.8 Å². The molecule has 0 unspecified atom stereocenters.